The molecule has 0 unspecified atom stereocenters. The molecule has 16 heavy (non-hydrogen) atoms. The number of hydrogen-bond donors (Lipinski definition) is 0. The molecule has 1 aliphatic carbocycles. The fourth-order valence-electron chi connectivity index (χ4n) is 2.26. The van der Waals surface area contributed by atoms with Crippen LogP contribution in [0.1, 0.15) is 58.3 Å². The maximum absolute atomic E-state index is 11.4. The molecule has 3 nitrogen and oxygen atoms in total. The Morgan fingerprint density at radius 3 is 2.81 bits per heavy atom. The van der Waals surface area contributed by atoms with E-state index in [0.29, 0.717) is 24.7 Å². The molecule has 0 radical (unpaired) electrons. The Balaban J connectivity index is 1.95. The van der Waals surface area contributed by atoms with Gasteiger partial charge >= 0.3 is 5.97 Å². The highest BCUT2D eigenvalue weighted by Gasteiger charge is 2.23. The zero-order chi connectivity index (χ0) is 11.8. The Hall–Kier alpha value is -0.860. The number of rotatable bonds is 7. The summed E-state index contributed by atoms with van der Waals surface area (Å²) in [5.41, 5.74) is 0. The van der Waals surface area contributed by atoms with Crippen LogP contribution < -0.4 is 0 Å². The van der Waals surface area contributed by atoms with Crippen LogP contribution in [0, 0.1) is 5.92 Å². The van der Waals surface area contributed by atoms with E-state index in [1.54, 1.807) is 0 Å². The summed E-state index contributed by atoms with van der Waals surface area (Å²) in [6, 6.07) is 0. The van der Waals surface area contributed by atoms with Gasteiger partial charge in [-0.15, -0.1) is 0 Å². The lowest BCUT2D eigenvalue weighted by molar-refractivity contribution is -0.143. The van der Waals surface area contributed by atoms with Crippen LogP contribution in [0.4, 0.5) is 0 Å². The molecular weight excluding hydrogens is 204 g/mol. The van der Waals surface area contributed by atoms with Crippen LogP contribution in [-0.4, -0.2) is 18.4 Å². The van der Waals surface area contributed by atoms with Crippen molar-refractivity contribution in [1.29, 1.82) is 0 Å². The Morgan fingerprint density at radius 1 is 1.38 bits per heavy atom. The Bertz CT molecular complexity index is 235. The molecular formula is C13H22O3. The fraction of sp³-hybridized carbons (Fsp3) is 0.846. The third-order valence-electron chi connectivity index (χ3n) is 3.17. The van der Waals surface area contributed by atoms with E-state index in [1.165, 1.54) is 0 Å². The highest BCUT2D eigenvalue weighted by molar-refractivity contribution is 5.82. The maximum atomic E-state index is 11.4. The van der Waals surface area contributed by atoms with Crippen LogP contribution in [0.15, 0.2) is 0 Å². The molecule has 0 N–H and O–H groups in total. The fourth-order valence-corrected chi connectivity index (χ4v) is 2.26. The molecule has 1 rings (SSSR count). The van der Waals surface area contributed by atoms with Crippen molar-refractivity contribution in [3.63, 3.8) is 0 Å². The van der Waals surface area contributed by atoms with Crippen molar-refractivity contribution in [2.45, 2.75) is 58.3 Å². The van der Waals surface area contributed by atoms with Gasteiger partial charge in [-0.25, -0.2) is 0 Å². The van der Waals surface area contributed by atoms with Gasteiger partial charge < -0.3 is 4.74 Å². The van der Waals surface area contributed by atoms with Crippen molar-refractivity contribution in [3.05, 3.63) is 0 Å². The van der Waals surface area contributed by atoms with Crippen LogP contribution in [0.2, 0.25) is 0 Å². The summed E-state index contributed by atoms with van der Waals surface area (Å²) in [7, 11) is 0. The van der Waals surface area contributed by atoms with E-state index < -0.39 is 0 Å². The molecule has 0 bridgehead atoms. The predicted molar refractivity (Wildman–Crippen MR) is 62.1 cm³/mol. The Kier molecular flexibility index (Phi) is 6.12. The summed E-state index contributed by atoms with van der Waals surface area (Å²) >= 11 is 0. The first kappa shape index (κ1) is 13.2. The van der Waals surface area contributed by atoms with Crippen molar-refractivity contribution >= 4 is 11.8 Å². The average molecular weight is 226 g/mol. The van der Waals surface area contributed by atoms with Gasteiger partial charge in [0.2, 0.25) is 0 Å². The number of ether oxygens (including phenoxy) is 1. The van der Waals surface area contributed by atoms with Crippen LogP contribution >= 0.6 is 0 Å². The van der Waals surface area contributed by atoms with Crippen LogP contribution in [-0.2, 0) is 14.3 Å². The van der Waals surface area contributed by atoms with Gasteiger partial charge in [0, 0.05) is 18.8 Å². The van der Waals surface area contributed by atoms with Gasteiger partial charge in [0.15, 0.2) is 0 Å². The van der Waals surface area contributed by atoms with Gasteiger partial charge in [-0.1, -0.05) is 12.8 Å². The smallest absolute Gasteiger partial charge is 0.305 e. The molecule has 1 saturated carbocycles. The van der Waals surface area contributed by atoms with Crippen molar-refractivity contribution < 1.29 is 14.3 Å². The quantitative estimate of drug-likeness (QED) is 0.495. The van der Waals surface area contributed by atoms with Crippen LogP contribution in [0.5, 0.6) is 0 Å². The largest absolute Gasteiger partial charge is 0.466 e. The second kappa shape index (κ2) is 7.42. The number of carbonyl (C=O) groups is 2. The van der Waals surface area contributed by atoms with E-state index in [4.69, 9.17) is 4.74 Å². The summed E-state index contributed by atoms with van der Waals surface area (Å²) in [4.78, 5) is 22.4. The molecule has 1 fully saturated rings. The summed E-state index contributed by atoms with van der Waals surface area (Å²) in [5, 5.41) is 0. The van der Waals surface area contributed by atoms with Gasteiger partial charge in [-0.05, 0) is 32.6 Å². The third kappa shape index (κ3) is 4.77. The van der Waals surface area contributed by atoms with Gasteiger partial charge in [0.25, 0.3) is 0 Å². The minimum Gasteiger partial charge on any atom is -0.466 e. The molecule has 92 valence electrons. The second-order valence-corrected chi connectivity index (χ2v) is 4.46. The lowest BCUT2D eigenvalue weighted by Gasteiger charge is -2.06. The zero-order valence-corrected chi connectivity index (χ0v) is 10.2. The van der Waals surface area contributed by atoms with Crippen molar-refractivity contribution in [2.24, 2.45) is 5.92 Å². The van der Waals surface area contributed by atoms with Crippen molar-refractivity contribution in [2.75, 3.05) is 6.61 Å². The Morgan fingerprint density at radius 2 is 2.19 bits per heavy atom. The topological polar surface area (TPSA) is 43.4 Å². The molecule has 1 aliphatic rings. The van der Waals surface area contributed by atoms with Gasteiger partial charge in [0.05, 0.1) is 6.61 Å². The number of hydrogen-bond acceptors (Lipinski definition) is 3. The van der Waals surface area contributed by atoms with E-state index in [2.05, 4.69) is 0 Å². The van der Waals surface area contributed by atoms with Crippen molar-refractivity contribution in [1.82, 2.24) is 0 Å². The number of unbranched alkanes of at least 4 members (excludes halogenated alkanes) is 2. The summed E-state index contributed by atoms with van der Waals surface area (Å²) in [5.74, 6) is 0.674. The van der Waals surface area contributed by atoms with E-state index in [9.17, 15) is 9.59 Å². The first-order chi connectivity index (χ1) is 7.74. The zero-order valence-electron chi connectivity index (χ0n) is 10.2. The Labute approximate surface area is 97.5 Å². The van der Waals surface area contributed by atoms with Gasteiger partial charge in [0.1, 0.15) is 5.78 Å². The monoisotopic (exact) mass is 226 g/mol. The first-order valence-corrected chi connectivity index (χ1v) is 6.42. The van der Waals surface area contributed by atoms with E-state index >= 15 is 0 Å². The third-order valence-corrected chi connectivity index (χ3v) is 3.17. The second-order valence-electron chi connectivity index (χ2n) is 4.46. The van der Waals surface area contributed by atoms with Gasteiger partial charge in [-0.2, -0.15) is 0 Å². The standard InChI is InChI=1S/C13H22O3/c1-2-16-13(15)10-5-3-4-7-11-8-6-9-12(11)14/h11H,2-10H2,1H3/t11-/m0/s1. The van der Waals surface area contributed by atoms with Crippen molar-refractivity contribution in [3.8, 4) is 0 Å². The first-order valence-electron chi connectivity index (χ1n) is 6.42. The summed E-state index contributed by atoms with van der Waals surface area (Å²) in [6.45, 7) is 2.29. The number of esters is 1. The van der Waals surface area contributed by atoms with Crippen LogP contribution in [0.3, 0.4) is 0 Å². The minimum atomic E-state index is -0.0977. The predicted octanol–water partition coefficient (Wildman–Crippen LogP) is 2.87. The number of ketones is 1. The molecule has 0 aromatic heterocycles. The molecule has 0 spiro atoms. The maximum Gasteiger partial charge on any atom is 0.305 e. The average Bonchev–Trinajstić information content (AvgIpc) is 2.64. The summed E-state index contributed by atoms with van der Waals surface area (Å²) < 4.78 is 4.85. The molecule has 1 atom stereocenters. The van der Waals surface area contributed by atoms with E-state index in [0.717, 1.165) is 44.9 Å². The van der Waals surface area contributed by atoms with E-state index in [-0.39, 0.29) is 5.97 Å². The lowest BCUT2D eigenvalue weighted by Crippen LogP contribution is -2.06. The highest BCUT2D eigenvalue weighted by Crippen LogP contribution is 2.26. The molecule has 0 aromatic rings. The number of carbonyl (C=O) groups excluding carboxylic acids is 2. The normalized spacial score (nSPS) is 20.1. The lowest BCUT2D eigenvalue weighted by atomic mass is 9.99. The summed E-state index contributed by atoms with van der Waals surface area (Å²) in [6.07, 6.45) is 7.46. The molecule has 0 amide bonds. The molecule has 0 saturated heterocycles. The minimum absolute atomic E-state index is 0.0977. The SMILES string of the molecule is CCOC(=O)CCCCC[C@H]1CCCC1=O. The van der Waals surface area contributed by atoms with Gasteiger partial charge in [-0.3, -0.25) is 9.59 Å². The molecule has 3 heteroatoms. The number of Topliss-reactive ketones (excluding diaryl/α,β-unsaturated/α-hetero) is 1. The molecule has 0 heterocycles. The van der Waals surface area contributed by atoms with Crippen LogP contribution in [0.25, 0.3) is 0 Å². The highest BCUT2D eigenvalue weighted by atomic mass is 16.5. The molecule has 0 aliphatic heterocycles. The molecule has 0 aromatic carbocycles. The van der Waals surface area contributed by atoms with E-state index in [1.807, 2.05) is 6.92 Å².